The second-order valence-corrected chi connectivity index (χ2v) is 7.38. The second-order valence-electron chi connectivity index (χ2n) is 5.15. The average molecular weight is 315 g/mol. The normalized spacial score (nSPS) is 21.0. The van der Waals surface area contributed by atoms with E-state index in [4.69, 9.17) is 4.74 Å². The predicted octanol–water partition coefficient (Wildman–Crippen LogP) is 0.723. The van der Waals surface area contributed by atoms with Crippen LogP contribution in [0.1, 0.15) is 12.0 Å². The average Bonchev–Trinajstić information content (AvgIpc) is 2.37. The first-order chi connectivity index (χ1) is 9.89. The summed E-state index contributed by atoms with van der Waals surface area (Å²) in [5.74, 6) is -0.404. The minimum atomic E-state index is -3.06. The Balaban J connectivity index is 1.94. The minimum Gasteiger partial charge on any atom is -0.494 e. The molecular formula is C14H18FNO4S. The summed E-state index contributed by atoms with van der Waals surface area (Å²) in [7, 11) is -1.68. The number of benzene rings is 1. The number of carbonyl (C=O) groups is 1. The predicted molar refractivity (Wildman–Crippen MR) is 76.7 cm³/mol. The summed E-state index contributed by atoms with van der Waals surface area (Å²) in [6.07, 6.45) is 0.214. The molecule has 1 atom stereocenters. The van der Waals surface area contributed by atoms with Crippen LogP contribution in [-0.2, 0) is 21.1 Å². The fourth-order valence-electron chi connectivity index (χ4n) is 2.39. The number of hydrogen-bond donors (Lipinski definition) is 1. The van der Waals surface area contributed by atoms with Gasteiger partial charge >= 0.3 is 0 Å². The Morgan fingerprint density at radius 1 is 1.48 bits per heavy atom. The molecule has 0 aliphatic carbocycles. The van der Waals surface area contributed by atoms with E-state index >= 15 is 0 Å². The molecule has 1 N–H and O–H groups in total. The van der Waals surface area contributed by atoms with Crippen molar-refractivity contribution in [2.45, 2.75) is 18.9 Å². The SMILES string of the molecule is COc1ccc(CC(=O)CC2CS(=O)(=O)CCN2)cc1F. The van der Waals surface area contributed by atoms with Crippen LogP contribution in [0, 0.1) is 5.82 Å². The maximum Gasteiger partial charge on any atom is 0.165 e. The Morgan fingerprint density at radius 2 is 2.24 bits per heavy atom. The molecule has 2 rings (SSSR count). The smallest absolute Gasteiger partial charge is 0.165 e. The van der Waals surface area contributed by atoms with Crippen molar-refractivity contribution in [1.29, 1.82) is 0 Å². The van der Waals surface area contributed by atoms with E-state index in [1.165, 1.54) is 19.2 Å². The first kappa shape index (κ1) is 15.9. The maximum atomic E-state index is 13.5. The third-order valence-corrected chi connectivity index (χ3v) is 5.13. The number of hydrogen-bond acceptors (Lipinski definition) is 5. The lowest BCUT2D eigenvalue weighted by molar-refractivity contribution is -0.118. The van der Waals surface area contributed by atoms with E-state index in [0.29, 0.717) is 12.1 Å². The maximum absolute atomic E-state index is 13.5. The molecule has 21 heavy (non-hydrogen) atoms. The second kappa shape index (κ2) is 6.53. The standard InChI is InChI=1S/C14H18FNO4S/c1-20-14-3-2-10(7-13(14)15)6-12(17)8-11-9-21(18,19)5-4-16-11/h2-3,7,11,16H,4-6,8-9H2,1H3. The molecule has 7 heteroatoms. The molecule has 0 bridgehead atoms. The number of Topliss-reactive ketones (excluding diaryl/α,β-unsaturated/α-hetero) is 1. The molecule has 0 amide bonds. The van der Waals surface area contributed by atoms with Crippen LogP contribution in [0.4, 0.5) is 4.39 Å². The van der Waals surface area contributed by atoms with Gasteiger partial charge in [0.25, 0.3) is 0 Å². The molecule has 116 valence electrons. The lowest BCUT2D eigenvalue weighted by atomic mass is 10.0. The van der Waals surface area contributed by atoms with E-state index in [1.807, 2.05) is 0 Å². The molecule has 0 saturated carbocycles. The molecule has 0 radical (unpaired) electrons. The molecule has 0 spiro atoms. The zero-order valence-electron chi connectivity index (χ0n) is 11.8. The van der Waals surface area contributed by atoms with Gasteiger partial charge in [-0.25, -0.2) is 12.8 Å². The largest absolute Gasteiger partial charge is 0.494 e. The number of halogens is 1. The van der Waals surface area contributed by atoms with Gasteiger partial charge in [-0.3, -0.25) is 4.79 Å². The summed E-state index contributed by atoms with van der Waals surface area (Å²) < 4.78 is 41.3. The molecule has 1 heterocycles. The lowest BCUT2D eigenvalue weighted by Gasteiger charge is -2.23. The van der Waals surface area contributed by atoms with Gasteiger partial charge in [-0.05, 0) is 17.7 Å². The number of carbonyl (C=O) groups excluding carboxylic acids is 1. The molecule has 1 aliphatic heterocycles. The van der Waals surface area contributed by atoms with E-state index in [9.17, 15) is 17.6 Å². The third-order valence-electron chi connectivity index (χ3n) is 3.39. The fourth-order valence-corrected chi connectivity index (χ4v) is 3.84. The summed E-state index contributed by atoms with van der Waals surface area (Å²) in [5.41, 5.74) is 0.553. The zero-order chi connectivity index (χ0) is 15.5. The first-order valence-corrected chi connectivity index (χ1v) is 8.49. The Bertz CT molecular complexity index is 630. The first-order valence-electron chi connectivity index (χ1n) is 6.67. The van der Waals surface area contributed by atoms with Gasteiger partial charge in [0, 0.05) is 25.4 Å². The van der Waals surface area contributed by atoms with E-state index in [2.05, 4.69) is 5.32 Å². The van der Waals surface area contributed by atoms with Gasteiger partial charge in [0.15, 0.2) is 21.4 Å². The highest BCUT2D eigenvalue weighted by molar-refractivity contribution is 7.91. The molecule has 1 unspecified atom stereocenters. The molecule has 1 fully saturated rings. The molecule has 1 aromatic rings. The van der Waals surface area contributed by atoms with Crippen molar-refractivity contribution in [2.24, 2.45) is 0 Å². The van der Waals surface area contributed by atoms with Crippen LogP contribution >= 0.6 is 0 Å². The van der Waals surface area contributed by atoms with Gasteiger partial charge in [0.05, 0.1) is 18.6 Å². The van der Waals surface area contributed by atoms with Crippen molar-refractivity contribution in [2.75, 3.05) is 25.2 Å². The number of ketones is 1. The molecule has 1 aliphatic rings. The monoisotopic (exact) mass is 315 g/mol. The van der Waals surface area contributed by atoms with Crippen LogP contribution < -0.4 is 10.1 Å². The van der Waals surface area contributed by atoms with Crippen LogP contribution in [0.2, 0.25) is 0 Å². The van der Waals surface area contributed by atoms with Crippen molar-refractivity contribution in [3.8, 4) is 5.75 Å². The molecule has 1 saturated heterocycles. The minimum absolute atomic E-state index is 0.0181. The van der Waals surface area contributed by atoms with Gasteiger partial charge in [-0.2, -0.15) is 0 Å². The Morgan fingerprint density at radius 3 is 2.86 bits per heavy atom. The van der Waals surface area contributed by atoms with Crippen molar-refractivity contribution in [3.63, 3.8) is 0 Å². The van der Waals surface area contributed by atoms with E-state index in [-0.39, 0.29) is 41.9 Å². The summed E-state index contributed by atoms with van der Waals surface area (Å²) in [6.45, 7) is 0.372. The van der Waals surface area contributed by atoms with E-state index in [0.717, 1.165) is 0 Å². The molecule has 5 nitrogen and oxygen atoms in total. The quantitative estimate of drug-likeness (QED) is 0.867. The number of ether oxygens (including phenoxy) is 1. The molecule has 1 aromatic carbocycles. The van der Waals surface area contributed by atoms with Gasteiger partial charge < -0.3 is 10.1 Å². The molecule has 0 aromatic heterocycles. The van der Waals surface area contributed by atoms with Crippen molar-refractivity contribution >= 4 is 15.6 Å². The highest BCUT2D eigenvalue weighted by Gasteiger charge is 2.25. The number of methoxy groups -OCH3 is 1. The highest BCUT2D eigenvalue weighted by atomic mass is 32.2. The van der Waals surface area contributed by atoms with E-state index in [1.54, 1.807) is 6.07 Å². The topological polar surface area (TPSA) is 72.5 Å². The number of nitrogens with one attached hydrogen (secondary N) is 1. The van der Waals surface area contributed by atoms with Crippen molar-refractivity contribution < 1.29 is 22.3 Å². The van der Waals surface area contributed by atoms with Crippen molar-refractivity contribution in [1.82, 2.24) is 5.32 Å². The van der Waals surface area contributed by atoms with Crippen molar-refractivity contribution in [3.05, 3.63) is 29.6 Å². The van der Waals surface area contributed by atoms with Crippen LogP contribution in [0.25, 0.3) is 0 Å². The van der Waals surface area contributed by atoms with Crippen LogP contribution in [0.5, 0.6) is 5.75 Å². The Hall–Kier alpha value is -1.47. The van der Waals surface area contributed by atoms with Crippen LogP contribution in [0.15, 0.2) is 18.2 Å². The lowest BCUT2D eigenvalue weighted by Crippen LogP contribution is -2.46. The fraction of sp³-hybridized carbons (Fsp3) is 0.500. The van der Waals surface area contributed by atoms with Gasteiger partial charge in [-0.15, -0.1) is 0 Å². The summed E-state index contributed by atoms with van der Waals surface area (Å²) in [6, 6.07) is 4.02. The highest BCUT2D eigenvalue weighted by Crippen LogP contribution is 2.18. The van der Waals surface area contributed by atoms with Gasteiger partial charge in [0.2, 0.25) is 0 Å². The molecular weight excluding hydrogens is 297 g/mol. The number of rotatable bonds is 5. The Kier molecular flexibility index (Phi) is 4.95. The summed E-state index contributed by atoms with van der Waals surface area (Å²) in [4.78, 5) is 12.0. The Labute approximate surface area is 123 Å². The zero-order valence-corrected chi connectivity index (χ0v) is 12.6. The van der Waals surface area contributed by atoms with E-state index < -0.39 is 15.7 Å². The van der Waals surface area contributed by atoms with Gasteiger partial charge in [0.1, 0.15) is 5.78 Å². The van der Waals surface area contributed by atoms with Crippen LogP contribution in [0.3, 0.4) is 0 Å². The van der Waals surface area contributed by atoms with Gasteiger partial charge in [-0.1, -0.05) is 6.07 Å². The number of sulfone groups is 1. The third kappa shape index (κ3) is 4.50. The van der Waals surface area contributed by atoms with Crippen LogP contribution in [-0.4, -0.2) is 45.4 Å². The summed E-state index contributed by atoms with van der Waals surface area (Å²) >= 11 is 0. The summed E-state index contributed by atoms with van der Waals surface area (Å²) in [5, 5.41) is 3.03.